The van der Waals surface area contributed by atoms with Gasteiger partial charge in [-0.05, 0) is 49.4 Å². The van der Waals surface area contributed by atoms with Gasteiger partial charge in [0, 0.05) is 25.0 Å². The van der Waals surface area contributed by atoms with Crippen LogP contribution in [0.15, 0.2) is 52.8 Å². The summed E-state index contributed by atoms with van der Waals surface area (Å²) in [7, 11) is 1.84. The summed E-state index contributed by atoms with van der Waals surface area (Å²) in [5.74, 6) is 0.886. The highest BCUT2D eigenvalue weighted by atomic mass is 32.1. The summed E-state index contributed by atoms with van der Waals surface area (Å²) in [6.07, 6.45) is 3.62. The minimum absolute atomic E-state index is 0.440. The molecule has 1 aliphatic rings. The lowest BCUT2D eigenvalue weighted by atomic mass is 10.1. The molecule has 1 saturated heterocycles. The van der Waals surface area contributed by atoms with E-state index in [1.807, 2.05) is 18.4 Å². The first-order chi connectivity index (χ1) is 12.4. The van der Waals surface area contributed by atoms with Gasteiger partial charge in [0.25, 0.3) is 0 Å². The molecule has 2 aromatic rings. The van der Waals surface area contributed by atoms with Crippen molar-refractivity contribution < 1.29 is 0 Å². The molecule has 134 valence electrons. The maximum atomic E-state index is 4.38. The van der Waals surface area contributed by atoms with E-state index in [9.17, 15) is 0 Å². The molecule has 0 radical (unpaired) electrons. The zero-order chi connectivity index (χ0) is 17.3. The Morgan fingerprint density at radius 1 is 1.12 bits per heavy atom. The third-order valence-electron chi connectivity index (χ3n) is 4.69. The van der Waals surface area contributed by atoms with Crippen LogP contribution < -0.4 is 10.6 Å². The lowest BCUT2D eigenvalue weighted by molar-refractivity contribution is 0.249. The van der Waals surface area contributed by atoms with Crippen LogP contribution in [-0.4, -0.2) is 44.1 Å². The molecule has 2 N–H and O–H groups in total. The monoisotopic (exact) mass is 356 g/mol. The fraction of sp³-hybridized carbons (Fsp3) is 0.450. The molecule has 0 spiro atoms. The number of thiophene rings is 1. The van der Waals surface area contributed by atoms with E-state index in [0.717, 1.165) is 25.5 Å². The number of likely N-dealkylation sites (tertiary alicyclic amines) is 1. The number of benzene rings is 1. The first-order valence-corrected chi connectivity index (χ1v) is 10.0. The largest absolute Gasteiger partial charge is 0.356 e. The van der Waals surface area contributed by atoms with Gasteiger partial charge in [-0.25, -0.2) is 0 Å². The van der Waals surface area contributed by atoms with E-state index in [0.29, 0.717) is 6.04 Å². The molecule has 5 heteroatoms. The van der Waals surface area contributed by atoms with Crippen molar-refractivity contribution in [3.8, 4) is 0 Å². The van der Waals surface area contributed by atoms with E-state index in [2.05, 4.69) is 68.4 Å². The summed E-state index contributed by atoms with van der Waals surface area (Å²) < 4.78 is 0. The minimum Gasteiger partial charge on any atom is -0.356 e. The Morgan fingerprint density at radius 3 is 2.60 bits per heavy atom. The summed E-state index contributed by atoms with van der Waals surface area (Å²) in [4.78, 5) is 8.41. The van der Waals surface area contributed by atoms with Gasteiger partial charge < -0.3 is 10.6 Å². The summed E-state index contributed by atoms with van der Waals surface area (Å²) >= 11 is 1.85. The van der Waals surface area contributed by atoms with Gasteiger partial charge >= 0.3 is 0 Å². The average molecular weight is 357 g/mol. The highest BCUT2D eigenvalue weighted by Gasteiger charge is 2.24. The molecule has 1 aliphatic heterocycles. The van der Waals surface area contributed by atoms with Gasteiger partial charge in [0.2, 0.25) is 0 Å². The summed E-state index contributed by atoms with van der Waals surface area (Å²) in [5.41, 5.74) is 1.35. The predicted octanol–water partition coefficient (Wildman–Crippen LogP) is 3.29. The molecule has 0 amide bonds. The maximum absolute atomic E-state index is 4.38. The Bertz CT molecular complexity index is 633. The van der Waals surface area contributed by atoms with Crippen LogP contribution in [0.25, 0.3) is 0 Å². The molecular formula is C20H28N4S. The maximum Gasteiger partial charge on any atom is 0.191 e. The fourth-order valence-electron chi connectivity index (χ4n) is 3.33. The van der Waals surface area contributed by atoms with Gasteiger partial charge in [-0.15, -0.1) is 11.3 Å². The molecule has 0 bridgehead atoms. The standard InChI is InChI=1S/C20H28N4S/c1-21-20(22-12-11-17-8-3-2-4-9-17)23-16-18(19-10-7-15-25-19)24-13-5-6-14-24/h2-4,7-10,15,18H,5-6,11-14,16H2,1H3,(H2,21,22,23). The van der Waals surface area contributed by atoms with Crippen LogP contribution in [0.1, 0.15) is 29.3 Å². The van der Waals surface area contributed by atoms with E-state index >= 15 is 0 Å². The van der Waals surface area contributed by atoms with Crippen molar-refractivity contribution in [1.29, 1.82) is 0 Å². The quantitative estimate of drug-likeness (QED) is 0.591. The summed E-state index contributed by atoms with van der Waals surface area (Å²) in [6, 6.07) is 15.4. The van der Waals surface area contributed by atoms with Crippen LogP contribution in [0.4, 0.5) is 0 Å². The van der Waals surface area contributed by atoms with Gasteiger partial charge in [-0.1, -0.05) is 36.4 Å². The molecule has 1 unspecified atom stereocenters. The molecule has 2 heterocycles. The third-order valence-corrected chi connectivity index (χ3v) is 5.66. The smallest absolute Gasteiger partial charge is 0.191 e. The van der Waals surface area contributed by atoms with Crippen molar-refractivity contribution in [3.63, 3.8) is 0 Å². The Morgan fingerprint density at radius 2 is 1.92 bits per heavy atom. The van der Waals surface area contributed by atoms with Crippen molar-refractivity contribution in [2.75, 3.05) is 33.2 Å². The van der Waals surface area contributed by atoms with Gasteiger partial charge in [-0.2, -0.15) is 0 Å². The van der Waals surface area contributed by atoms with E-state index in [1.54, 1.807) is 0 Å². The minimum atomic E-state index is 0.440. The van der Waals surface area contributed by atoms with E-state index in [1.165, 1.54) is 36.4 Å². The van der Waals surface area contributed by atoms with Crippen molar-refractivity contribution in [2.24, 2.45) is 4.99 Å². The molecule has 3 rings (SSSR count). The Balaban J connectivity index is 1.50. The third kappa shape index (κ3) is 5.31. The fourth-order valence-corrected chi connectivity index (χ4v) is 4.19. The van der Waals surface area contributed by atoms with Crippen molar-refractivity contribution >= 4 is 17.3 Å². The van der Waals surface area contributed by atoms with Gasteiger partial charge in [0.1, 0.15) is 0 Å². The lowest BCUT2D eigenvalue weighted by Crippen LogP contribution is -2.43. The number of aliphatic imine (C=N–C) groups is 1. The van der Waals surface area contributed by atoms with Crippen LogP contribution in [0, 0.1) is 0 Å². The zero-order valence-electron chi connectivity index (χ0n) is 14.9. The molecule has 4 nitrogen and oxygen atoms in total. The van der Waals surface area contributed by atoms with Crippen molar-refractivity contribution in [1.82, 2.24) is 15.5 Å². The number of nitrogens with zero attached hydrogens (tertiary/aromatic N) is 2. The molecule has 25 heavy (non-hydrogen) atoms. The Hall–Kier alpha value is -1.85. The molecule has 1 atom stereocenters. The topological polar surface area (TPSA) is 39.7 Å². The number of rotatable bonds is 7. The van der Waals surface area contributed by atoms with Gasteiger partial charge in [-0.3, -0.25) is 9.89 Å². The first kappa shape index (κ1) is 18.0. The summed E-state index contributed by atoms with van der Waals surface area (Å²) in [5, 5.41) is 9.13. The Kier molecular flexibility index (Phi) is 6.89. The SMILES string of the molecule is CN=C(NCCc1ccccc1)NCC(c1cccs1)N1CCCC1. The number of guanidine groups is 1. The Labute approximate surface area is 155 Å². The highest BCUT2D eigenvalue weighted by Crippen LogP contribution is 2.27. The van der Waals surface area contributed by atoms with E-state index in [4.69, 9.17) is 0 Å². The molecule has 1 aromatic carbocycles. The van der Waals surface area contributed by atoms with E-state index in [-0.39, 0.29) is 0 Å². The summed E-state index contributed by atoms with van der Waals surface area (Å²) in [6.45, 7) is 4.18. The van der Waals surface area contributed by atoms with Crippen LogP contribution >= 0.6 is 11.3 Å². The van der Waals surface area contributed by atoms with Crippen LogP contribution in [0.3, 0.4) is 0 Å². The second kappa shape index (κ2) is 9.59. The van der Waals surface area contributed by atoms with Gasteiger partial charge in [0.05, 0.1) is 6.04 Å². The van der Waals surface area contributed by atoms with Crippen LogP contribution in [-0.2, 0) is 6.42 Å². The van der Waals surface area contributed by atoms with Crippen LogP contribution in [0.2, 0.25) is 0 Å². The molecule has 0 aliphatic carbocycles. The van der Waals surface area contributed by atoms with E-state index < -0.39 is 0 Å². The molecule has 0 saturated carbocycles. The van der Waals surface area contributed by atoms with Crippen molar-refractivity contribution in [3.05, 3.63) is 58.3 Å². The van der Waals surface area contributed by atoms with Crippen LogP contribution in [0.5, 0.6) is 0 Å². The molecule has 1 aromatic heterocycles. The zero-order valence-corrected chi connectivity index (χ0v) is 15.8. The van der Waals surface area contributed by atoms with Crippen molar-refractivity contribution in [2.45, 2.75) is 25.3 Å². The first-order valence-electron chi connectivity index (χ1n) is 9.12. The highest BCUT2D eigenvalue weighted by molar-refractivity contribution is 7.10. The second-order valence-corrected chi connectivity index (χ2v) is 7.37. The number of hydrogen-bond acceptors (Lipinski definition) is 3. The molecular weight excluding hydrogens is 328 g/mol. The predicted molar refractivity (Wildman–Crippen MR) is 107 cm³/mol. The molecule has 1 fully saturated rings. The average Bonchev–Trinajstić information content (AvgIpc) is 3.36. The normalized spacial score (nSPS) is 16.8. The van der Waals surface area contributed by atoms with Gasteiger partial charge in [0.15, 0.2) is 5.96 Å². The lowest BCUT2D eigenvalue weighted by Gasteiger charge is -2.27. The number of nitrogens with one attached hydrogen (secondary N) is 2. The number of hydrogen-bond donors (Lipinski definition) is 2. The second-order valence-electron chi connectivity index (χ2n) is 6.39.